The van der Waals surface area contributed by atoms with E-state index in [0.717, 1.165) is 12.2 Å². The van der Waals surface area contributed by atoms with Crippen LogP contribution in [0, 0.1) is 0 Å². The predicted octanol–water partition coefficient (Wildman–Crippen LogP) is 1.33. The van der Waals surface area contributed by atoms with Crippen molar-refractivity contribution in [2.45, 2.75) is 38.8 Å². The molecule has 0 aliphatic carbocycles. The van der Waals surface area contributed by atoms with Crippen molar-refractivity contribution < 1.29 is 9.53 Å². The summed E-state index contributed by atoms with van der Waals surface area (Å²) >= 11 is 0. The van der Waals surface area contributed by atoms with Crippen molar-refractivity contribution in [1.82, 2.24) is 10.3 Å². The maximum atomic E-state index is 11.3. The Balaban J connectivity index is 2.65. The highest BCUT2D eigenvalue weighted by Gasteiger charge is 2.19. The minimum absolute atomic E-state index is 0.128. The number of hydrogen-bond donors (Lipinski definition) is 2. The largest absolute Gasteiger partial charge is 0.496 e. The smallest absolute Gasteiger partial charge is 0.235 e. The van der Waals surface area contributed by atoms with E-state index in [1.807, 2.05) is 32.2 Å². The van der Waals surface area contributed by atoms with Gasteiger partial charge in [0.05, 0.1) is 7.11 Å². The average molecular weight is 279 g/mol. The van der Waals surface area contributed by atoms with Crippen LogP contribution in [0.15, 0.2) is 24.3 Å². The summed E-state index contributed by atoms with van der Waals surface area (Å²) in [6, 6.07) is 8.43. The Bertz CT molecular complexity index is 437. The molecule has 0 fully saturated rings. The Morgan fingerprint density at radius 2 is 2.00 bits per heavy atom. The summed E-state index contributed by atoms with van der Waals surface area (Å²) in [6.45, 7) is 4.16. The monoisotopic (exact) mass is 279 g/mol. The van der Waals surface area contributed by atoms with E-state index in [1.54, 1.807) is 7.11 Å². The van der Waals surface area contributed by atoms with Crippen LogP contribution in [0.25, 0.3) is 0 Å². The van der Waals surface area contributed by atoms with Crippen LogP contribution in [0.2, 0.25) is 0 Å². The number of nitrogens with zero attached hydrogens (tertiary/aromatic N) is 1. The number of carbonyl (C=O) groups excluding carboxylic acids is 1. The van der Waals surface area contributed by atoms with Gasteiger partial charge in [-0.2, -0.15) is 0 Å². The minimum Gasteiger partial charge on any atom is -0.496 e. The average Bonchev–Trinajstić information content (AvgIpc) is 2.46. The normalized spacial score (nSPS) is 13.9. The van der Waals surface area contributed by atoms with Crippen LogP contribution in [0.5, 0.6) is 5.75 Å². The summed E-state index contributed by atoms with van der Waals surface area (Å²) in [4.78, 5) is 13.5. The lowest BCUT2D eigenvalue weighted by Crippen LogP contribution is -2.42. The molecular formula is C15H25N3O2. The number of nitrogens with two attached hydrogens (primary N) is 1. The van der Waals surface area contributed by atoms with Gasteiger partial charge < -0.3 is 9.64 Å². The number of methoxy groups -OCH3 is 1. The molecule has 1 aromatic rings. The van der Waals surface area contributed by atoms with Gasteiger partial charge in [-0.25, -0.2) is 5.84 Å². The standard InChI is InChI=1S/C15H25N3O2/c1-11(18(3)12(2)10-15(19)17-16)9-13-7-5-6-8-14(13)20-4/h5-8,11-12H,9-10,16H2,1-4H3,(H,17,19). The van der Waals surface area contributed by atoms with Crippen LogP contribution in [0.3, 0.4) is 0 Å². The number of hydrogen-bond acceptors (Lipinski definition) is 4. The third-order valence-corrected chi connectivity index (χ3v) is 3.74. The predicted molar refractivity (Wildman–Crippen MR) is 80.3 cm³/mol. The lowest BCUT2D eigenvalue weighted by molar-refractivity contribution is -0.122. The Morgan fingerprint density at radius 1 is 1.35 bits per heavy atom. The molecule has 1 amide bonds. The van der Waals surface area contributed by atoms with Crippen molar-refractivity contribution in [1.29, 1.82) is 0 Å². The highest BCUT2D eigenvalue weighted by atomic mass is 16.5. The van der Waals surface area contributed by atoms with Crippen LogP contribution in [0.4, 0.5) is 0 Å². The summed E-state index contributed by atoms with van der Waals surface area (Å²) in [5.41, 5.74) is 3.34. The SMILES string of the molecule is COc1ccccc1CC(C)N(C)C(C)CC(=O)NN. The molecule has 20 heavy (non-hydrogen) atoms. The third-order valence-electron chi connectivity index (χ3n) is 3.74. The first-order valence-electron chi connectivity index (χ1n) is 6.82. The topological polar surface area (TPSA) is 67.6 Å². The van der Waals surface area contributed by atoms with Gasteiger partial charge in [0.25, 0.3) is 0 Å². The van der Waals surface area contributed by atoms with E-state index >= 15 is 0 Å². The van der Waals surface area contributed by atoms with Crippen LogP contribution >= 0.6 is 0 Å². The molecule has 0 aliphatic heterocycles. The zero-order valence-corrected chi connectivity index (χ0v) is 12.7. The van der Waals surface area contributed by atoms with Crippen molar-refractivity contribution in [3.63, 3.8) is 0 Å². The van der Waals surface area contributed by atoms with E-state index in [2.05, 4.69) is 23.3 Å². The summed E-state index contributed by atoms with van der Waals surface area (Å²) in [5, 5.41) is 0. The third kappa shape index (κ3) is 4.51. The van der Waals surface area contributed by atoms with Crippen LogP contribution in [0.1, 0.15) is 25.8 Å². The number of para-hydroxylation sites is 1. The van der Waals surface area contributed by atoms with Crippen LogP contribution in [-0.4, -0.2) is 37.0 Å². The van der Waals surface area contributed by atoms with Crippen LogP contribution < -0.4 is 16.0 Å². The van der Waals surface area contributed by atoms with Gasteiger partial charge in [0, 0.05) is 18.5 Å². The Kier molecular flexibility index (Phi) is 6.48. The van der Waals surface area contributed by atoms with E-state index in [0.29, 0.717) is 12.5 Å². The molecule has 2 atom stereocenters. The van der Waals surface area contributed by atoms with Gasteiger partial charge in [0.1, 0.15) is 5.75 Å². The molecule has 0 spiro atoms. The molecule has 2 unspecified atom stereocenters. The van der Waals surface area contributed by atoms with Crippen LogP contribution in [-0.2, 0) is 11.2 Å². The first-order valence-corrected chi connectivity index (χ1v) is 6.82. The van der Waals surface area contributed by atoms with Crippen molar-refractivity contribution in [2.75, 3.05) is 14.2 Å². The summed E-state index contributed by atoms with van der Waals surface area (Å²) in [5.74, 6) is 5.88. The number of likely N-dealkylation sites (N-methyl/N-ethyl adjacent to an activating group) is 1. The zero-order valence-electron chi connectivity index (χ0n) is 12.7. The van der Waals surface area contributed by atoms with Gasteiger partial charge in [-0.3, -0.25) is 10.2 Å². The number of rotatable bonds is 7. The second-order valence-corrected chi connectivity index (χ2v) is 5.15. The van der Waals surface area contributed by atoms with E-state index in [1.165, 1.54) is 5.56 Å². The van der Waals surface area contributed by atoms with Crippen molar-refractivity contribution in [2.24, 2.45) is 5.84 Å². The van der Waals surface area contributed by atoms with Gasteiger partial charge in [0.15, 0.2) is 0 Å². The number of benzene rings is 1. The number of amides is 1. The van der Waals surface area contributed by atoms with Crippen molar-refractivity contribution in [3.05, 3.63) is 29.8 Å². The Morgan fingerprint density at radius 3 is 2.60 bits per heavy atom. The van der Waals surface area contributed by atoms with E-state index in [-0.39, 0.29) is 11.9 Å². The molecule has 0 heterocycles. The summed E-state index contributed by atoms with van der Waals surface area (Å²) in [6.07, 6.45) is 1.26. The maximum Gasteiger partial charge on any atom is 0.235 e. The lowest BCUT2D eigenvalue weighted by Gasteiger charge is -2.30. The lowest BCUT2D eigenvalue weighted by atomic mass is 10.0. The summed E-state index contributed by atoms with van der Waals surface area (Å²) in [7, 11) is 3.70. The molecule has 0 radical (unpaired) electrons. The highest BCUT2D eigenvalue weighted by molar-refractivity contribution is 5.75. The van der Waals surface area contributed by atoms with E-state index < -0.39 is 0 Å². The number of nitrogens with one attached hydrogen (secondary N) is 1. The molecule has 5 heteroatoms. The van der Waals surface area contributed by atoms with Gasteiger partial charge in [-0.1, -0.05) is 18.2 Å². The molecule has 0 aliphatic rings. The molecule has 1 rings (SSSR count). The van der Waals surface area contributed by atoms with Crippen molar-refractivity contribution in [3.8, 4) is 5.75 Å². The van der Waals surface area contributed by atoms with E-state index in [4.69, 9.17) is 10.6 Å². The fourth-order valence-electron chi connectivity index (χ4n) is 2.24. The Labute approximate surface area is 121 Å². The van der Waals surface area contributed by atoms with E-state index in [9.17, 15) is 4.79 Å². The first kappa shape index (κ1) is 16.5. The molecule has 3 N–H and O–H groups in total. The second kappa shape index (κ2) is 7.87. The molecule has 0 aromatic heterocycles. The van der Waals surface area contributed by atoms with Crippen molar-refractivity contribution >= 4 is 5.91 Å². The van der Waals surface area contributed by atoms with Gasteiger partial charge in [-0.15, -0.1) is 0 Å². The fourth-order valence-corrected chi connectivity index (χ4v) is 2.24. The number of ether oxygens (including phenoxy) is 1. The molecule has 0 saturated carbocycles. The number of carbonyl (C=O) groups is 1. The second-order valence-electron chi connectivity index (χ2n) is 5.15. The number of hydrazine groups is 1. The van der Waals surface area contributed by atoms with Gasteiger partial charge in [-0.05, 0) is 38.9 Å². The molecular weight excluding hydrogens is 254 g/mol. The zero-order chi connectivity index (χ0) is 15.1. The molecule has 0 saturated heterocycles. The first-order chi connectivity index (χ1) is 9.49. The minimum atomic E-state index is -0.145. The summed E-state index contributed by atoms with van der Waals surface area (Å²) < 4.78 is 5.37. The molecule has 1 aromatic carbocycles. The highest BCUT2D eigenvalue weighted by Crippen LogP contribution is 2.21. The van der Waals surface area contributed by atoms with Gasteiger partial charge >= 0.3 is 0 Å². The Hall–Kier alpha value is -1.59. The molecule has 112 valence electrons. The molecule has 5 nitrogen and oxygen atoms in total. The maximum absolute atomic E-state index is 11.3. The fraction of sp³-hybridized carbons (Fsp3) is 0.533. The molecule has 0 bridgehead atoms. The van der Waals surface area contributed by atoms with Gasteiger partial charge in [0.2, 0.25) is 5.91 Å². The quantitative estimate of drug-likeness (QED) is 0.449.